The fraction of sp³-hybridized carbons (Fsp3) is 0.133. The molecule has 0 fully saturated rings. The standard InChI is InChI=1S/C15H14N2O6S/c1-10-2-4-11(5-3-10)14(15(18)19)16-24(22,23)13-8-6-12(7-9-13)17(20)21/h2-9,14,16H,1H3,(H,18,19). The van der Waals surface area contributed by atoms with E-state index in [0.29, 0.717) is 0 Å². The van der Waals surface area contributed by atoms with Crippen molar-refractivity contribution in [1.29, 1.82) is 0 Å². The van der Waals surface area contributed by atoms with Crippen molar-refractivity contribution in [3.05, 3.63) is 69.8 Å². The number of non-ortho nitro benzene ring substituents is 1. The van der Waals surface area contributed by atoms with Crippen LogP contribution < -0.4 is 4.72 Å². The topological polar surface area (TPSA) is 127 Å². The third-order valence-electron chi connectivity index (χ3n) is 3.29. The molecule has 0 aliphatic carbocycles. The zero-order chi connectivity index (χ0) is 17.9. The first kappa shape index (κ1) is 17.6. The van der Waals surface area contributed by atoms with E-state index in [1.165, 1.54) is 12.1 Å². The van der Waals surface area contributed by atoms with Crippen molar-refractivity contribution in [2.75, 3.05) is 0 Å². The number of nitro groups is 1. The van der Waals surface area contributed by atoms with Crippen molar-refractivity contribution < 1.29 is 23.2 Å². The molecule has 0 aliphatic heterocycles. The maximum absolute atomic E-state index is 12.3. The quantitative estimate of drug-likeness (QED) is 0.606. The van der Waals surface area contributed by atoms with Crippen LogP contribution in [0.2, 0.25) is 0 Å². The third-order valence-corrected chi connectivity index (χ3v) is 4.73. The Morgan fingerprint density at radius 2 is 1.67 bits per heavy atom. The molecule has 126 valence electrons. The number of carbonyl (C=O) groups is 1. The first-order valence-corrected chi connectivity index (χ1v) is 8.25. The van der Waals surface area contributed by atoms with E-state index in [1.807, 2.05) is 6.92 Å². The van der Waals surface area contributed by atoms with E-state index in [1.54, 1.807) is 12.1 Å². The Balaban J connectivity index is 2.32. The summed E-state index contributed by atoms with van der Waals surface area (Å²) in [5, 5.41) is 19.9. The number of aliphatic carboxylic acids is 1. The summed E-state index contributed by atoms with van der Waals surface area (Å²) in [5.41, 5.74) is 0.918. The predicted octanol–water partition coefficient (Wildman–Crippen LogP) is 2.01. The Labute approximate surface area is 138 Å². The lowest BCUT2D eigenvalue weighted by molar-refractivity contribution is -0.384. The van der Waals surface area contributed by atoms with Gasteiger partial charge in [-0.05, 0) is 24.6 Å². The second kappa shape index (κ2) is 6.77. The maximum Gasteiger partial charge on any atom is 0.326 e. The number of nitro benzene ring substituents is 1. The monoisotopic (exact) mass is 350 g/mol. The van der Waals surface area contributed by atoms with Crippen molar-refractivity contribution in [3.8, 4) is 0 Å². The number of nitrogens with zero attached hydrogens (tertiary/aromatic N) is 1. The molecule has 0 aliphatic rings. The second-order valence-electron chi connectivity index (χ2n) is 5.05. The molecule has 8 nitrogen and oxygen atoms in total. The van der Waals surface area contributed by atoms with Gasteiger partial charge in [0.05, 0.1) is 9.82 Å². The summed E-state index contributed by atoms with van der Waals surface area (Å²) in [6, 6.07) is 9.09. The summed E-state index contributed by atoms with van der Waals surface area (Å²) in [4.78, 5) is 21.1. The van der Waals surface area contributed by atoms with Crippen molar-refractivity contribution in [2.24, 2.45) is 0 Å². The molecule has 0 heterocycles. The first-order chi connectivity index (χ1) is 11.2. The fourth-order valence-electron chi connectivity index (χ4n) is 1.99. The average molecular weight is 350 g/mol. The van der Waals surface area contributed by atoms with Crippen molar-refractivity contribution in [1.82, 2.24) is 4.72 Å². The lowest BCUT2D eigenvalue weighted by Crippen LogP contribution is -2.33. The van der Waals surface area contributed by atoms with Gasteiger partial charge in [0, 0.05) is 12.1 Å². The molecule has 0 radical (unpaired) electrons. The molecule has 1 atom stereocenters. The van der Waals surface area contributed by atoms with Crippen molar-refractivity contribution in [3.63, 3.8) is 0 Å². The Hall–Kier alpha value is -2.78. The van der Waals surface area contributed by atoms with Gasteiger partial charge < -0.3 is 5.11 Å². The van der Waals surface area contributed by atoms with Gasteiger partial charge in [-0.2, -0.15) is 4.72 Å². The van der Waals surface area contributed by atoms with Crippen LogP contribution >= 0.6 is 0 Å². The molecule has 0 bridgehead atoms. The van der Waals surface area contributed by atoms with Gasteiger partial charge in [0.15, 0.2) is 0 Å². The highest BCUT2D eigenvalue weighted by Gasteiger charge is 2.27. The lowest BCUT2D eigenvalue weighted by Gasteiger charge is -2.15. The molecule has 9 heteroatoms. The minimum atomic E-state index is -4.16. The smallest absolute Gasteiger partial charge is 0.326 e. The second-order valence-corrected chi connectivity index (χ2v) is 6.77. The van der Waals surface area contributed by atoms with E-state index >= 15 is 0 Å². The van der Waals surface area contributed by atoms with Crippen LogP contribution in [0.5, 0.6) is 0 Å². The predicted molar refractivity (Wildman–Crippen MR) is 85.0 cm³/mol. The van der Waals surface area contributed by atoms with E-state index in [2.05, 4.69) is 4.72 Å². The maximum atomic E-state index is 12.3. The molecule has 2 rings (SSSR count). The van der Waals surface area contributed by atoms with Crippen LogP contribution in [0.3, 0.4) is 0 Å². The fourth-order valence-corrected chi connectivity index (χ4v) is 3.17. The van der Waals surface area contributed by atoms with E-state index in [-0.39, 0.29) is 16.1 Å². The van der Waals surface area contributed by atoms with Gasteiger partial charge in [0.1, 0.15) is 6.04 Å². The molecule has 2 aromatic rings. The first-order valence-electron chi connectivity index (χ1n) is 6.77. The van der Waals surface area contributed by atoms with Crippen molar-refractivity contribution in [2.45, 2.75) is 17.9 Å². The van der Waals surface area contributed by atoms with Gasteiger partial charge in [0.2, 0.25) is 10.0 Å². The normalized spacial score (nSPS) is 12.5. The van der Waals surface area contributed by atoms with Crippen LogP contribution in [0, 0.1) is 17.0 Å². The molecular weight excluding hydrogens is 336 g/mol. The van der Waals surface area contributed by atoms with Crippen LogP contribution in [-0.4, -0.2) is 24.4 Å². The van der Waals surface area contributed by atoms with Crippen LogP contribution in [0.25, 0.3) is 0 Å². The molecule has 0 saturated carbocycles. The number of hydrogen-bond donors (Lipinski definition) is 2. The molecular formula is C15H14N2O6S. The number of carboxylic acids is 1. The molecule has 24 heavy (non-hydrogen) atoms. The molecule has 0 amide bonds. The molecule has 0 saturated heterocycles. The number of benzene rings is 2. The number of hydrogen-bond acceptors (Lipinski definition) is 5. The minimum absolute atomic E-state index is 0.258. The van der Waals surface area contributed by atoms with Crippen LogP contribution in [-0.2, 0) is 14.8 Å². The number of nitrogens with one attached hydrogen (secondary N) is 1. The van der Waals surface area contributed by atoms with Gasteiger partial charge in [-0.1, -0.05) is 29.8 Å². The molecule has 1 unspecified atom stereocenters. The number of carboxylic acid groups (broad SMARTS) is 1. The highest BCUT2D eigenvalue weighted by atomic mass is 32.2. The molecule has 0 aromatic heterocycles. The van der Waals surface area contributed by atoms with E-state index in [0.717, 1.165) is 29.8 Å². The minimum Gasteiger partial charge on any atom is -0.480 e. The van der Waals surface area contributed by atoms with Gasteiger partial charge in [0.25, 0.3) is 5.69 Å². The van der Waals surface area contributed by atoms with Crippen molar-refractivity contribution >= 4 is 21.7 Å². The Morgan fingerprint density at radius 3 is 2.12 bits per heavy atom. The third kappa shape index (κ3) is 3.94. The SMILES string of the molecule is Cc1ccc(C(NS(=O)(=O)c2ccc([N+](=O)[O-])cc2)C(=O)O)cc1. The average Bonchev–Trinajstić information content (AvgIpc) is 2.53. The van der Waals surface area contributed by atoms with E-state index in [4.69, 9.17) is 0 Å². The molecule has 2 N–H and O–H groups in total. The summed E-state index contributed by atoms with van der Waals surface area (Å²) in [5.74, 6) is -1.36. The Kier molecular flexibility index (Phi) is 4.96. The largest absolute Gasteiger partial charge is 0.480 e. The summed E-state index contributed by atoms with van der Waals surface area (Å²) in [7, 11) is -4.16. The summed E-state index contributed by atoms with van der Waals surface area (Å²) in [6.07, 6.45) is 0. The summed E-state index contributed by atoms with van der Waals surface area (Å²) in [6.45, 7) is 1.82. The van der Waals surface area contributed by atoms with E-state index < -0.39 is 27.0 Å². The Bertz CT molecular complexity index is 860. The highest BCUT2D eigenvalue weighted by molar-refractivity contribution is 7.89. The van der Waals surface area contributed by atoms with Crippen LogP contribution in [0.15, 0.2) is 53.4 Å². The molecule has 2 aromatic carbocycles. The van der Waals surface area contributed by atoms with Gasteiger partial charge in [-0.25, -0.2) is 8.42 Å². The van der Waals surface area contributed by atoms with Crippen LogP contribution in [0.1, 0.15) is 17.2 Å². The molecule has 0 spiro atoms. The zero-order valence-electron chi connectivity index (χ0n) is 12.5. The van der Waals surface area contributed by atoms with Crippen LogP contribution in [0.4, 0.5) is 5.69 Å². The zero-order valence-corrected chi connectivity index (χ0v) is 13.4. The summed E-state index contributed by atoms with van der Waals surface area (Å²) < 4.78 is 26.7. The number of sulfonamides is 1. The number of aryl methyl sites for hydroxylation is 1. The summed E-state index contributed by atoms with van der Waals surface area (Å²) >= 11 is 0. The lowest BCUT2D eigenvalue weighted by atomic mass is 10.1. The number of rotatable bonds is 6. The van der Waals surface area contributed by atoms with Gasteiger partial charge in [-0.15, -0.1) is 0 Å². The van der Waals surface area contributed by atoms with Gasteiger partial charge >= 0.3 is 5.97 Å². The van der Waals surface area contributed by atoms with E-state index in [9.17, 15) is 28.4 Å². The van der Waals surface area contributed by atoms with Gasteiger partial charge in [-0.3, -0.25) is 14.9 Å². The Morgan fingerprint density at radius 1 is 1.12 bits per heavy atom. The highest BCUT2D eigenvalue weighted by Crippen LogP contribution is 2.20.